The first-order valence-electron chi connectivity index (χ1n) is 7.50. The van der Waals surface area contributed by atoms with E-state index in [1.165, 1.54) is 11.3 Å². The zero-order valence-electron chi connectivity index (χ0n) is 13.1. The molecule has 1 aliphatic heterocycles. The van der Waals surface area contributed by atoms with Crippen LogP contribution in [-0.2, 0) is 6.54 Å². The second-order valence-corrected chi connectivity index (χ2v) is 6.64. The van der Waals surface area contributed by atoms with Crippen LogP contribution in [0.4, 0.5) is 0 Å². The van der Waals surface area contributed by atoms with E-state index in [1.807, 2.05) is 32.0 Å². The van der Waals surface area contributed by atoms with Crippen molar-refractivity contribution in [3.8, 4) is 11.5 Å². The van der Waals surface area contributed by atoms with Crippen LogP contribution < -0.4 is 14.8 Å². The smallest absolute Gasteiger partial charge is 0.282 e. The number of benzene rings is 1. The zero-order chi connectivity index (χ0) is 16.7. The lowest BCUT2D eigenvalue weighted by Crippen LogP contribution is -2.22. The zero-order valence-corrected chi connectivity index (χ0v) is 14.0. The van der Waals surface area contributed by atoms with E-state index in [0.717, 1.165) is 17.1 Å². The lowest BCUT2D eigenvalue weighted by Gasteiger charge is -2.04. The molecule has 0 fully saturated rings. The van der Waals surface area contributed by atoms with Crippen LogP contribution in [0.5, 0.6) is 11.5 Å². The highest BCUT2D eigenvalue weighted by atomic mass is 32.1. The van der Waals surface area contributed by atoms with Crippen LogP contribution >= 0.6 is 11.3 Å². The summed E-state index contributed by atoms with van der Waals surface area (Å²) in [5.41, 5.74) is 0.929. The molecule has 3 aromatic rings. The molecule has 1 aromatic carbocycles. The van der Waals surface area contributed by atoms with E-state index in [9.17, 15) is 4.79 Å². The summed E-state index contributed by atoms with van der Waals surface area (Å²) in [4.78, 5) is 12.9. The van der Waals surface area contributed by atoms with Crippen LogP contribution in [0.25, 0.3) is 4.96 Å². The van der Waals surface area contributed by atoms with Crippen molar-refractivity contribution in [2.75, 3.05) is 6.79 Å². The quantitative estimate of drug-likeness (QED) is 0.777. The Balaban J connectivity index is 1.48. The number of nitrogens with one attached hydrogen (secondary N) is 1. The minimum atomic E-state index is -0.238. The van der Waals surface area contributed by atoms with Crippen LogP contribution in [0.2, 0.25) is 0 Å². The predicted octanol–water partition coefficient (Wildman–Crippen LogP) is 1.97. The van der Waals surface area contributed by atoms with E-state index >= 15 is 0 Å². The Labute approximate surface area is 141 Å². The number of rotatable bonds is 4. The van der Waals surface area contributed by atoms with Crippen LogP contribution in [0.15, 0.2) is 18.2 Å². The summed E-state index contributed by atoms with van der Waals surface area (Å²) >= 11 is 1.22. The van der Waals surface area contributed by atoms with Crippen LogP contribution in [0.3, 0.4) is 0 Å². The molecule has 8 nitrogen and oxygen atoms in total. The number of hydrogen-bond acceptors (Lipinski definition) is 7. The molecule has 9 heteroatoms. The third-order valence-electron chi connectivity index (χ3n) is 3.62. The number of hydrogen-bond donors (Lipinski definition) is 1. The summed E-state index contributed by atoms with van der Waals surface area (Å²) in [6.45, 7) is 4.63. The fraction of sp³-hybridized carbons (Fsp3) is 0.333. The third kappa shape index (κ3) is 2.56. The highest BCUT2D eigenvalue weighted by molar-refractivity contribution is 7.18. The largest absolute Gasteiger partial charge is 0.454 e. The van der Waals surface area contributed by atoms with Gasteiger partial charge in [-0.15, -0.1) is 15.3 Å². The monoisotopic (exact) mass is 345 g/mol. The van der Waals surface area contributed by atoms with Crippen molar-refractivity contribution in [2.45, 2.75) is 26.3 Å². The van der Waals surface area contributed by atoms with Gasteiger partial charge in [-0.2, -0.15) is 4.52 Å². The molecule has 0 bridgehead atoms. The van der Waals surface area contributed by atoms with E-state index in [1.54, 1.807) is 4.52 Å². The first-order chi connectivity index (χ1) is 11.6. The van der Waals surface area contributed by atoms with E-state index < -0.39 is 0 Å². The van der Waals surface area contributed by atoms with Crippen molar-refractivity contribution >= 4 is 22.2 Å². The van der Waals surface area contributed by atoms with Crippen LogP contribution in [0.1, 0.15) is 41.0 Å². The molecule has 0 aliphatic carbocycles. The molecule has 0 unspecified atom stereocenters. The fourth-order valence-electron chi connectivity index (χ4n) is 2.39. The highest BCUT2D eigenvalue weighted by Gasteiger charge is 2.18. The molecule has 1 aliphatic rings. The van der Waals surface area contributed by atoms with E-state index in [0.29, 0.717) is 22.3 Å². The van der Waals surface area contributed by atoms with Gasteiger partial charge in [0.1, 0.15) is 0 Å². The second kappa shape index (κ2) is 5.75. The summed E-state index contributed by atoms with van der Waals surface area (Å²) in [7, 11) is 0. The highest BCUT2D eigenvalue weighted by Crippen LogP contribution is 2.32. The molecule has 1 N–H and O–H groups in total. The Morgan fingerprint density at radius 2 is 2.17 bits per heavy atom. The minimum absolute atomic E-state index is 0.187. The normalized spacial score (nSPS) is 13.0. The Morgan fingerprint density at radius 1 is 1.33 bits per heavy atom. The van der Waals surface area contributed by atoms with Crippen LogP contribution in [-0.4, -0.2) is 32.5 Å². The lowest BCUT2D eigenvalue weighted by atomic mass is 10.2. The number of fused-ring (bicyclic) bond motifs is 2. The van der Waals surface area contributed by atoms with Gasteiger partial charge < -0.3 is 14.8 Å². The number of carbonyl (C=O) groups excluding carboxylic acids is 1. The van der Waals surface area contributed by atoms with Gasteiger partial charge in [-0.1, -0.05) is 31.3 Å². The average Bonchev–Trinajstić information content (AvgIpc) is 3.25. The van der Waals surface area contributed by atoms with Crippen molar-refractivity contribution < 1.29 is 14.3 Å². The van der Waals surface area contributed by atoms with E-state index in [-0.39, 0.29) is 18.6 Å². The minimum Gasteiger partial charge on any atom is -0.454 e. The topological polar surface area (TPSA) is 90.6 Å². The van der Waals surface area contributed by atoms with Crippen molar-refractivity contribution in [1.82, 2.24) is 25.1 Å². The second-order valence-electron chi connectivity index (χ2n) is 5.68. The summed E-state index contributed by atoms with van der Waals surface area (Å²) in [5.74, 6) is 2.11. The average molecular weight is 345 g/mol. The Morgan fingerprint density at radius 3 is 3.00 bits per heavy atom. The van der Waals surface area contributed by atoms with Gasteiger partial charge in [-0.3, -0.25) is 4.79 Å². The molecule has 2 aromatic heterocycles. The summed E-state index contributed by atoms with van der Waals surface area (Å²) < 4.78 is 12.2. The summed E-state index contributed by atoms with van der Waals surface area (Å²) in [6.07, 6.45) is 0. The number of carbonyl (C=O) groups is 1. The van der Waals surface area contributed by atoms with Gasteiger partial charge in [-0.25, -0.2) is 0 Å². The number of amides is 1. The third-order valence-corrected chi connectivity index (χ3v) is 4.51. The molecular weight excluding hydrogens is 330 g/mol. The van der Waals surface area contributed by atoms with Crippen molar-refractivity contribution in [3.05, 3.63) is 34.6 Å². The molecule has 0 spiro atoms. The fourth-order valence-corrected chi connectivity index (χ4v) is 3.16. The van der Waals surface area contributed by atoms with Gasteiger partial charge in [0.2, 0.25) is 16.8 Å². The van der Waals surface area contributed by atoms with Gasteiger partial charge in [-0.05, 0) is 17.7 Å². The van der Waals surface area contributed by atoms with Gasteiger partial charge in [0.15, 0.2) is 17.3 Å². The molecule has 24 heavy (non-hydrogen) atoms. The Kier molecular flexibility index (Phi) is 3.57. The first-order valence-corrected chi connectivity index (χ1v) is 8.32. The van der Waals surface area contributed by atoms with E-state index in [4.69, 9.17) is 9.47 Å². The molecule has 124 valence electrons. The number of aromatic nitrogens is 4. The maximum absolute atomic E-state index is 12.3. The molecule has 0 saturated carbocycles. The van der Waals surface area contributed by atoms with Gasteiger partial charge >= 0.3 is 0 Å². The maximum atomic E-state index is 12.3. The SMILES string of the molecule is CC(C)c1nnc2sc(C(=O)NCc3ccc4c(c3)OCO4)nn12. The lowest BCUT2D eigenvalue weighted by molar-refractivity contribution is 0.0949. The number of nitrogens with zero attached hydrogens (tertiary/aromatic N) is 4. The Hall–Kier alpha value is -2.68. The van der Waals surface area contributed by atoms with Crippen molar-refractivity contribution in [3.63, 3.8) is 0 Å². The maximum Gasteiger partial charge on any atom is 0.282 e. The van der Waals surface area contributed by atoms with Crippen LogP contribution in [0, 0.1) is 0 Å². The van der Waals surface area contributed by atoms with Crippen molar-refractivity contribution in [2.24, 2.45) is 0 Å². The molecule has 4 rings (SSSR count). The molecule has 0 radical (unpaired) electrons. The summed E-state index contributed by atoms with van der Waals surface area (Å²) in [5, 5.41) is 15.7. The Bertz CT molecular complexity index is 917. The standard InChI is InChI=1S/C15H15N5O3S/c1-8(2)12-17-18-15-20(12)19-14(24-15)13(21)16-6-9-3-4-10-11(5-9)23-7-22-10/h3-5,8H,6-7H2,1-2H3,(H,16,21). The first kappa shape index (κ1) is 14.9. The van der Waals surface area contributed by atoms with Gasteiger partial charge in [0.25, 0.3) is 5.91 Å². The molecule has 0 saturated heterocycles. The summed E-state index contributed by atoms with van der Waals surface area (Å²) in [6, 6.07) is 5.59. The van der Waals surface area contributed by atoms with Gasteiger partial charge in [0.05, 0.1) is 0 Å². The molecular formula is C15H15N5O3S. The molecule has 3 heterocycles. The molecule has 0 atom stereocenters. The molecule has 1 amide bonds. The van der Waals surface area contributed by atoms with E-state index in [2.05, 4.69) is 20.6 Å². The predicted molar refractivity (Wildman–Crippen MR) is 86.5 cm³/mol. The number of ether oxygens (including phenoxy) is 2. The van der Waals surface area contributed by atoms with Gasteiger partial charge in [0, 0.05) is 12.5 Å². The van der Waals surface area contributed by atoms with Crippen molar-refractivity contribution in [1.29, 1.82) is 0 Å².